The van der Waals surface area contributed by atoms with Gasteiger partial charge in [0.2, 0.25) is 5.82 Å². The highest BCUT2D eigenvalue weighted by molar-refractivity contribution is 7.10. The highest BCUT2D eigenvalue weighted by atomic mass is 32.1. The molecule has 2 heterocycles. The number of ether oxygens (including phenoxy) is 1. The molecule has 0 saturated heterocycles. The standard InChI is InChI=1S/C25H23N5OS/c1-17-19(11-14-24-26-23(16-32-24)20-6-3-7-20)5-4-8-22(17)25-27-29-30(28-25)15-18-9-12-21(31-2)13-10-18/h4-5,8-10,12-13,16,20H,3,6-7,15H2,1-2H3. The van der Waals surface area contributed by atoms with E-state index in [9.17, 15) is 0 Å². The maximum absolute atomic E-state index is 5.21. The van der Waals surface area contributed by atoms with Gasteiger partial charge in [0.1, 0.15) is 5.75 Å². The predicted octanol–water partition coefficient (Wildman–Crippen LogP) is 4.83. The van der Waals surface area contributed by atoms with E-state index in [0.717, 1.165) is 33.0 Å². The molecule has 2 aromatic heterocycles. The molecule has 0 atom stereocenters. The van der Waals surface area contributed by atoms with Crippen molar-refractivity contribution in [2.45, 2.75) is 38.6 Å². The predicted molar refractivity (Wildman–Crippen MR) is 125 cm³/mol. The fourth-order valence-electron chi connectivity index (χ4n) is 3.68. The Kier molecular flexibility index (Phi) is 5.70. The Hall–Kier alpha value is -3.50. The second kappa shape index (κ2) is 8.93. The summed E-state index contributed by atoms with van der Waals surface area (Å²) >= 11 is 1.63. The smallest absolute Gasteiger partial charge is 0.205 e. The number of benzene rings is 2. The molecule has 1 aliphatic carbocycles. The lowest BCUT2D eigenvalue weighted by atomic mass is 9.83. The molecule has 2 aromatic carbocycles. The number of nitrogens with zero attached hydrogens (tertiary/aromatic N) is 5. The Morgan fingerprint density at radius 1 is 1.12 bits per heavy atom. The van der Waals surface area contributed by atoms with Crippen LogP contribution in [0.4, 0.5) is 0 Å². The quantitative estimate of drug-likeness (QED) is 0.415. The summed E-state index contributed by atoms with van der Waals surface area (Å²) in [5.41, 5.74) is 5.21. The molecule has 5 rings (SSSR count). The normalized spacial score (nSPS) is 13.3. The third-order valence-corrected chi connectivity index (χ3v) is 6.64. The number of rotatable bonds is 5. The van der Waals surface area contributed by atoms with Crippen LogP contribution in [0.5, 0.6) is 5.75 Å². The van der Waals surface area contributed by atoms with Crippen LogP contribution in [0.2, 0.25) is 0 Å². The van der Waals surface area contributed by atoms with Gasteiger partial charge < -0.3 is 4.74 Å². The minimum absolute atomic E-state index is 0.545. The van der Waals surface area contributed by atoms with Crippen molar-refractivity contribution >= 4 is 11.3 Å². The van der Waals surface area contributed by atoms with E-state index in [4.69, 9.17) is 9.72 Å². The highest BCUT2D eigenvalue weighted by Crippen LogP contribution is 2.36. The molecule has 0 radical (unpaired) electrons. The Labute approximate surface area is 191 Å². The molecule has 160 valence electrons. The largest absolute Gasteiger partial charge is 0.497 e. The molecular weight excluding hydrogens is 418 g/mol. The molecule has 0 spiro atoms. The number of hydrogen-bond acceptors (Lipinski definition) is 6. The first-order valence-electron chi connectivity index (χ1n) is 10.7. The van der Waals surface area contributed by atoms with Crippen molar-refractivity contribution in [3.05, 3.63) is 75.2 Å². The average molecular weight is 442 g/mol. The summed E-state index contributed by atoms with van der Waals surface area (Å²) in [6, 6.07) is 13.9. The fraction of sp³-hybridized carbons (Fsp3) is 0.280. The second-order valence-corrected chi connectivity index (χ2v) is 8.78. The van der Waals surface area contributed by atoms with Gasteiger partial charge in [-0.05, 0) is 60.2 Å². The lowest BCUT2D eigenvalue weighted by Gasteiger charge is -2.22. The van der Waals surface area contributed by atoms with Gasteiger partial charge in [-0.15, -0.1) is 21.5 Å². The number of thiazole rings is 1. The van der Waals surface area contributed by atoms with Crippen molar-refractivity contribution in [2.75, 3.05) is 7.11 Å². The van der Waals surface area contributed by atoms with E-state index in [2.05, 4.69) is 32.6 Å². The molecule has 0 N–H and O–H groups in total. The molecule has 0 bridgehead atoms. The lowest BCUT2D eigenvalue weighted by molar-refractivity contribution is 0.412. The van der Waals surface area contributed by atoms with Crippen molar-refractivity contribution in [1.29, 1.82) is 0 Å². The molecule has 1 aliphatic rings. The van der Waals surface area contributed by atoms with Crippen molar-refractivity contribution in [3.63, 3.8) is 0 Å². The van der Waals surface area contributed by atoms with E-state index < -0.39 is 0 Å². The number of methoxy groups -OCH3 is 1. The average Bonchev–Trinajstić information content (AvgIpc) is 3.42. The third-order valence-electron chi connectivity index (χ3n) is 5.86. The summed E-state index contributed by atoms with van der Waals surface area (Å²) in [7, 11) is 1.66. The van der Waals surface area contributed by atoms with Gasteiger partial charge in [0.25, 0.3) is 0 Å². The molecule has 0 aliphatic heterocycles. The van der Waals surface area contributed by atoms with E-state index in [-0.39, 0.29) is 0 Å². The van der Waals surface area contributed by atoms with Crippen LogP contribution in [0.3, 0.4) is 0 Å². The second-order valence-electron chi connectivity index (χ2n) is 7.93. The molecule has 32 heavy (non-hydrogen) atoms. The van der Waals surface area contributed by atoms with E-state index in [1.54, 1.807) is 23.2 Å². The van der Waals surface area contributed by atoms with Crippen LogP contribution >= 0.6 is 11.3 Å². The maximum atomic E-state index is 5.21. The molecular formula is C25H23N5OS. The van der Waals surface area contributed by atoms with E-state index in [1.807, 2.05) is 49.4 Å². The van der Waals surface area contributed by atoms with E-state index >= 15 is 0 Å². The zero-order valence-electron chi connectivity index (χ0n) is 18.1. The summed E-state index contributed by atoms with van der Waals surface area (Å²) in [5.74, 6) is 8.59. The van der Waals surface area contributed by atoms with E-state index in [0.29, 0.717) is 18.3 Å². The first-order valence-corrected chi connectivity index (χ1v) is 11.6. The minimum atomic E-state index is 0.545. The number of tetrazole rings is 1. The first kappa shape index (κ1) is 20.4. The molecule has 4 aromatic rings. The summed E-state index contributed by atoms with van der Waals surface area (Å²) in [5, 5.41) is 16.1. The molecule has 6 nitrogen and oxygen atoms in total. The van der Waals surface area contributed by atoms with Crippen LogP contribution in [0.15, 0.2) is 47.8 Å². The van der Waals surface area contributed by atoms with Gasteiger partial charge in [0, 0.05) is 22.4 Å². The van der Waals surface area contributed by atoms with Gasteiger partial charge in [0.15, 0.2) is 5.01 Å². The summed E-state index contributed by atoms with van der Waals surface area (Å²) in [6.07, 6.45) is 3.82. The van der Waals surface area contributed by atoms with E-state index in [1.165, 1.54) is 25.0 Å². The molecule has 1 fully saturated rings. The first-order chi connectivity index (χ1) is 15.7. The highest BCUT2D eigenvalue weighted by Gasteiger charge is 2.21. The molecule has 1 saturated carbocycles. The lowest BCUT2D eigenvalue weighted by Crippen LogP contribution is -2.08. The van der Waals surface area contributed by atoms with Gasteiger partial charge in [-0.25, -0.2) is 4.98 Å². The Balaban J connectivity index is 1.34. The Morgan fingerprint density at radius 3 is 2.72 bits per heavy atom. The fourth-order valence-corrected chi connectivity index (χ4v) is 4.43. The summed E-state index contributed by atoms with van der Waals surface area (Å²) < 4.78 is 5.21. The van der Waals surface area contributed by atoms with Crippen LogP contribution < -0.4 is 4.74 Å². The molecule has 7 heteroatoms. The minimum Gasteiger partial charge on any atom is -0.497 e. The van der Waals surface area contributed by atoms with Crippen molar-refractivity contribution in [3.8, 4) is 29.0 Å². The SMILES string of the molecule is COc1ccc(Cn2nnc(-c3cccc(C#Cc4nc(C5CCC5)cs4)c3C)n2)cc1. The van der Waals surface area contributed by atoms with Crippen LogP contribution in [0.1, 0.15) is 52.6 Å². The summed E-state index contributed by atoms with van der Waals surface area (Å²) in [6.45, 7) is 2.59. The Morgan fingerprint density at radius 2 is 1.97 bits per heavy atom. The van der Waals surface area contributed by atoms with Crippen molar-refractivity contribution < 1.29 is 4.74 Å². The van der Waals surface area contributed by atoms with Gasteiger partial charge in [-0.1, -0.05) is 36.6 Å². The van der Waals surface area contributed by atoms with Gasteiger partial charge in [-0.2, -0.15) is 4.80 Å². The Bertz CT molecular complexity index is 1290. The maximum Gasteiger partial charge on any atom is 0.205 e. The van der Waals surface area contributed by atoms with Gasteiger partial charge in [0.05, 0.1) is 19.3 Å². The topological polar surface area (TPSA) is 65.7 Å². The molecule has 0 amide bonds. The van der Waals surface area contributed by atoms with Crippen molar-refractivity contribution in [1.82, 2.24) is 25.2 Å². The van der Waals surface area contributed by atoms with Crippen LogP contribution in [0.25, 0.3) is 11.4 Å². The summed E-state index contributed by atoms with van der Waals surface area (Å²) in [4.78, 5) is 6.31. The van der Waals surface area contributed by atoms with Crippen LogP contribution in [0, 0.1) is 18.8 Å². The zero-order valence-corrected chi connectivity index (χ0v) is 18.9. The third kappa shape index (κ3) is 4.27. The van der Waals surface area contributed by atoms with Crippen molar-refractivity contribution in [2.24, 2.45) is 0 Å². The van der Waals surface area contributed by atoms with Crippen LogP contribution in [-0.2, 0) is 6.54 Å². The monoisotopic (exact) mass is 441 g/mol. The molecule has 0 unspecified atom stereocenters. The zero-order chi connectivity index (χ0) is 21.9. The number of aromatic nitrogens is 5. The van der Waals surface area contributed by atoms with Gasteiger partial charge in [-0.3, -0.25) is 0 Å². The van der Waals surface area contributed by atoms with Crippen LogP contribution in [-0.4, -0.2) is 32.3 Å². The van der Waals surface area contributed by atoms with Gasteiger partial charge >= 0.3 is 0 Å². The number of hydrogen-bond donors (Lipinski definition) is 0.